The van der Waals surface area contributed by atoms with Gasteiger partial charge in [0.2, 0.25) is 0 Å². The van der Waals surface area contributed by atoms with Crippen molar-refractivity contribution in [2.45, 2.75) is 57.0 Å². The largest absolute Gasteiger partial charge is 0.356 e. The smallest absolute Gasteiger partial charge is 0.105 e. The van der Waals surface area contributed by atoms with E-state index in [1.54, 1.807) is 0 Å². The second kappa shape index (κ2) is 6.88. The van der Waals surface area contributed by atoms with E-state index in [0.717, 1.165) is 36.0 Å². The zero-order valence-corrected chi connectivity index (χ0v) is 16.8. The Morgan fingerprint density at radius 3 is 2.64 bits per heavy atom. The summed E-state index contributed by atoms with van der Waals surface area (Å²) in [5, 5.41) is 2.60. The SMILES string of the molecule is c1ccc2cc(N=C3CCC[C@@H]4[C@H]5CCCN6CCC[C@H](CN34)[C@@H]56)ccc2c1. The van der Waals surface area contributed by atoms with Crippen LogP contribution in [0.1, 0.15) is 44.9 Å². The number of hydrogen-bond donors (Lipinski definition) is 0. The molecule has 4 fully saturated rings. The third-order valence-corrected chi connectivity index (χ3v) is 7.90. The van der Waals surface area contributed by atoms with E-state index in [4.69, 9.17) is 4.99 Å². The van der Waals surface area contributed by atoms with Crippen LogP contribution in [0.3, 0.4) is 0 Å². The second-order valence-electron chi connectivity index (χ2n) is 9.41. The first-order valence-electron chi connectivity index (χ1n) is 11.4. The average molecular weight is 374 g/mol. The summed E-state index contributed by atoms with van der Waals surface area (Å²) < 4.78 is 0. The Balaban J connectivity index is 1.34. The Morgan fingerprint density at radius 2 is 1.71 bits per heavy atom. The van der Waals surface area contributed by atoms with Crippen molar-refractivity contribution in [2.24, 2.45) is 16.8 Å². The molecule has 0 aliphatic carbocycles. The van der Waals surface area contributed by atoms with Gasteiger partial charge in [-0.1, -0.05) is 30.3 Å². The number of hydrogen-bond acceptors (Lipinski definition) is 2. The standard InChI is InChI=1S/C25H31N3/c1-2-7-19-16-21(13-12-18(19)6-1)26-24-11-3-10-23-22-9-5-15-27-14-4-8-20(25(22)27)17-28(23)24/h1-2,6-7,12-13,16,20,22-23,25H,3-5,8-11,14-15,17H2/t20-,22-,23-,25+/m1/s1. The Hall–Kier alpha value is -1.87. The van der Waals surface area contributed by atoms with Crippen LogP contribution < -0.4 is 0 Å². The summed E-state index contributed by atoms with van der Waals surface area (Å²) in [6.45, 7) is 3.94. The van der Waals surface area contributed by atoms with Crippen molar-refractivity contribution in [3.05, 3.63) is 42.5 Å². The summed E-state index contributed by atoms with van der Waals surface area (Å²) in [5.41, 5.74) is 1.13. The van der Waals surface area contributed by atoms with Crippen molar-refractivity contribution >= 4 is 22.3 Å². The van der Waals surface area contributed by atoms with Crippen LogP contribution in [-0.4, -0.2) is 47.4 Å². The maximum absolute atomic E-state index is 5.22. The molecule has 2 aromatic carbocycles. The monoisotopic (exact) mass is 373 g/mol. The van der Waals surface area contributed by atoms with E-state index in [-0.39, 0.29) is 0 Å². The fourth-order valence-corrected chi connectivity index (χ4v) is 6.79. The maximum atomic E-state index is 5.22. The van der Waals surface area contributed by atoms with Crippen molar-refractivity contribution < 1.29 is 0 Å². The van der Waals surface area contributed by atoms with Crippen LogP contribution in [0.15, 0.2) is 47.5 Å². The van der Waals surface area contributed by atoms with Crippen LogP contribution in [0.25, 0.3) is 10.8 Å². The highest BCUT2D eigenvalue weighted by molar-refractivity contribution is 5.89. The molecule has 0 N–H and O–H groups in total. The van der Waals surface area contributed by atoms with Gasteiger partial charge in [-0.05, 0) is 86.4 Å². The predicted molar refractivity (Wildman–Crippen MR) is 116 cm³/mol. The molecule has 2 aromatic rings. The van der Waals surface area contributed by atoms with Crippen LogP contribution in [0.2, 0.25) is 0 Å². The lowest BCUT2D eigenvalue weighted by Crippen LogP contribution is -2.66. The van der Waals surface area contributed by atoms with Gasteiger partial charge < -0.3 is 4.90 Å². The van der Waals surface area contributed by atoms with E-state index in [2.05, 4.69) is 52.3 Å². The van der Waals surface area contributed by atoms with Gasteiger partial charge in [0.25, 0.3) is 0 Å². The third-order valence-electron chi connectivity index (χ3n) is 7.90. The van der Waals surface area contributed by atoms with E-state index < -0.39 is 0 Å². The van der Waals surface area contributed by atoms with Crippen molar-refractivity contribution in [1.82, 2.24) is 9.80 Å². The minimum absolute atomic E-state index is 0.732. The van der Waals surface area contributed by atoms with Crippen LogP contribution in [0, 0.1) is 11.8 Å². The summed E-state index contributed by atoms with van der Waals surface area (Å²) in [7, 11) is 0. The Morgan fingerprint density at radius 1 is 0.857 bits per heavy atom. The number of piperidine rings is 4. The molecule has 0 unspecified atom stereocenters. The van der Waals surface area contributed by atoms with Crippen molar-refractivity contribution in [3.63, 3.8) is 0 Å². The van der Waals surface area contributed by atoms with Crippen LogP contribution in [-0.2, 0) is 0 Å². The number of aliphatic imine (C=N–C) groups is 1. The molecular weight excluding hydrogens is 342 g/mol. The first-order chi connectivity index (χ1) is 13.9. The molecule has 146 valence electrons. The number of fused-ring (bicyclic) bond motifs is 3. The van der Waals surface area contributed by atoms with E-state index in [0.29, 0.717) is 0 Å². The first kappa shape index (κ1) is 17.0. The molecule has 0 aromatic heterocycles. The van der Waals surface area contributed by atoms with Gasteiger partial charge in [0.1, 0.15) is 5.84 Å². The van der Waals surface area contributed by atoms with Crippen LogP contribution in [0.5, 0.6) is 0 Å². The van der Waals surface area contributed by atoms with Gasteiger partial charge in [-0.15, -0.1) is 0 Å². The molecule has 6 rings (SSSR count). The second-order valence-corrected chi connectivity index (χ2v) is 9.41. The molecule has 4 saturated heterocycles. The van der Waals surface area contributed by atoms with Crippen molar-refractivity contribution in [1.29, 1.82) is 0 Å². The molecular formula is C25H31N3. The molecule has 0 spiro atoms. The molecule has 4 aliphatic heterocycles. The Bertz CT molecular complexity index is 902. The summed E-state index contributed by atoms with van der Waals surface area (Å²) in [4.78, 5) is 10.8. The molecule has 4 aliphatic rings. The highest BCUT2D eigenvalue weighted by Crippen LogP contribution is 2.45. The lowest BCUT2D eigenvalue weighted by Gasteiger charge is -2.59. The van der Waals surface area contributed by atoms with Gasteiger partial charge >= 0.3 is 0 Å². The third kappa shape index (κ3) is 2.78. The van der Waals surface area contributed by atoms with Gasteiger partial charge in [0.05, 0.1) is 5.69 Å². The molecule has 4 atom stereocenters. The molecule has 0 saturated carbocycles. The molecule has 28 heavy (non-hydrogen) atoms. The lowest BCUT2D eigenvalue weighted by molar-refractivity contribution is -0.0604. The fourth-order valence-electron chi connectivity index (χ4n) is 6.79. The minimum atomic E-state index is 0.732. The van der Waals surface area contributed by atoms with Crippen molar-refractivity contribution in [3.8, 4) is 0 Å². The van der Waals surface area contributed by atoms with E-state index >= 15 is 0 Å². The quantitative estimate of drug-likeness (QED) is 0.682. The van der Waals surface area contributed by atoms with Gasteiger partial charge in [-0.25, -0.2) is 4.99 Å². The maximum Gasteiger partial charge on any atom is 0.105 e. The van der Waals surface area contributed by atoms with Crippen LogP contribution in [0.4, 0.5) is 5.69 Å². The highest BCUT2D eigenvalue weighted by atomic mass is 15.3. The number of amidine groups is 1. The Kier molecular flexibility index (Phi) is 4.18. The minimum Gasteiger partial charge on any atom is -0.356 e. The van der Waals surface area contributed by atoms with Gasteiger partial charge in [0.15, 0.2) is 0 Å². The normalized spacial score (nSPS) is 34.3. The summed E-state index contributed by atoms with van der Waals surface area (Å²) in [6.07, 6.45) is 9.47. The van der Waals surface area contributed by atoms with Gasteiger partial charge in [0, 0.05) is 25.0 Å². The average Bonchev–Trinajstić information content (AvgIpc) is 2.75. The molecule has 3 nitrogen and oxygen atoms in total. The van der Waals surface area contributed by atoms with Crippen LogP contribution >= 0.6 is 0 Å². The molecule has 0 bridgehead atoms. The number of benzene rings is 2. The topological polar surface area (TPSA) is 18.8 Å². The number of rotatable bonds is 1. The van der Waals surface area contributed by atoms with Gasteiger partial charge in [-0.2, -0.15) is 0 Å². The van der Waals surface area contributed by atoms with E-state index in [9.17, 15) is 0 Å². The zero-order chi connectivity index (χ0) is 18.5. The van der Waals surface area contributed by atoms with E-state index in [1.165, 1.54) is 74.8 Å². The summed E-state index contributed by atoms with van der Waals surface area (Å²) in [6, 6.07) is 16.9. The summed E-state index contributed by atoms with van der Waals surface area (Å²) in [5.74, 6) is 3.10. The highest BCUT2D eigenvalue weighted by Gasteiger charge is 2.49. The first-order valence-corrected chi connectivity index (χ1v) is 11.4. The molecule has 3 heteroatoms. The molecule has 0 amide bonds. The summed E-state index contributed by atoms with van der Waals surface area (Å²) >= 11 is 0. The lowest BCUT2D eigenvalue weighted by atomic mass is 9.68. The Labute approximate surface area is 168 Å². The molecule has 0 radical (unpaired) electrons. The predicted octanol–water partition coefficient (Wildman–Crippen LogP) is 5.23. The fraction of sp³-hybridized carbons (Fsp3) is 0.560. The molecule has 4 heterocycles. The van der Waals surface area contributed by atoms with Gasteiger partial charge in [-0.3, -0.25) is 4.90 Å². The number of nitrogens with zero attached hydrogens (tertiary/aromatic N) is 3. The van der Waals surface area contributed by atoms with E-state index in [1.807, 2.05) is 0 Å². The van der Waals surface area contributed by atoms with Crippen molar-refractivity contribution in [2.75, 3.05) is 19.6 Å². The zero-order valence-electron chi connectivity index (χ0n) is 16.8.